The summed E-state index contributed by atoms with van der Waals surface area (Å²) in [5.41, 5.74) is 30.3. The quantitative estimate of drug-likeness (QED) is 0.0602. The number of fused-ring (bicyclic) bond motifs is 3. The first-order chi connectivity index (χ1) is 55.1. The first-order valence-electron chi connectivity index (χ1n) is 37.3. The molecule has 0 bridgehead atoms. The van der Waals surface area contributed by atoms with E-state index in [1.165, 1.54) is 85.9 Å². The molecule has 2 saturated carbocycles. The van der Waals surface area contributed by atoms with Gasteiger partial charge in [0.2, 0.25) is 0 Å². The van der Waals surface area contributed by atoms with Crippen molar-refractivity contribution in [2.24, 2.45) is 0 Å². The van der Waals surface area contributed by atoms with Gasteiger partial charge in [-0.25, -0.2) is 57.1 Å². The molecule has 15 aromatic rings. The number of rotatable bonds is 21. The number of thiophene rings is 1. The molecule has 1 aliphatic heterocycles. The van der Waals surface area contributed by atoms with Gasteiger partial charge in [0.05, 0.1) is 34.1 Å². The lowest BCUT2D eigenvalue weighted by molar-refractivity contribution is 0.0846. The Kier molecular flexibility index (Phi) is 21.9. The van der Waals surface area contributed by atoms with Gasteiger partial charge in [0.1, 0.15) is 153 Å². The lowest BCUT2D eigenvalue weighted by atomic mass is 9.96. The van der Waals surface area contributed by atoms with Crippen molar-refractivity contribution in [3.63, 3.8) is 0 Å². The number of aryl methyl sites for hydroxylation is 3. The first-order valence-corrected chi connectivity index (χ1v) is 38.1. The molecular formula is C85H79F3N16O8S. The molecule has 3 fully saturated rings. The van der Waals surface area contributed by atoms with Gasteiger partial charge in [0.25, 0.3) is 0 Å². The summed E-state index contributed by atoms with van der Waals surface area (Å²) in [7, 11) is 0. The van der Waals surface area contributed by atoms with E-state index in [0.29, 0.717) is 123 Å². The minimum atomic E-state index is -0.469. The number of hydrogen-bond acceptors (Lipinski definition) is 22. The third-order valence-electron chi connectivity index (χ3n) is 19.8. The molecule has 6 N–H and O–H groups in total. The molecule has 3 aliphatic rings. The molecule has 0 radical (unpaired) electrons. The molecule has 18 rings (SSSR count). The molecule has 2 aliphatic carbocycles. The highest BCUT2D eigenvalue weighted by atomic mass is 32.1. The molecule has 1 saturated heterocycles. The van der Waals surface area contributed by atoms with Gasteiger partial charge in [0, 0.05) is 113 Å². The van der Waals surface area contributed by atoms with Crippen molar-refractivity contribution in [1.29, 1.82) is 0 Å². The van der Waals surface area contributed by atoms with E-state index in [-0.39, 0.29) is 19.1 Å². The van der Waals surface area contributed by atoms with Gasteiger partial charge in [-0.15, -0.1) is 11.3 Å². The summed E-state index contributed by atoms with van der Waals surface area (Å²) in [4.78, 5) is 32.6. The van der Waals surface area contributed by atoms with E-state index < -0.39 is 17.5 Å². The summed E-state index contributed by atoms with van der Waals surface area (Å²) in [6.45, 7) is 8.05. The highest BCUT2D eigenvalue weighted by Crippen LogP contribution is 2.42. The number of nitrogens with two attached hydrogens (primary N) is 3. The molecule has 24 nitrogen and oxygen atoms in total. The molecule has 0 amide bonds. The maximum absolute atomic E-state index is 14.3. The monoisotopic (exact) mass is 1540 g/mol. The number of ether oxygens (including phenoxy) is 7. The highest BCUT2D eigenvalue weighted by Gasteiger charge is 2.30. The SMILES string of the molecule is Cc1ccc(COc2cc(F)cc(Oc3ccc(-n4nc(C5CCCC5)c5ncnc(N)c54)cc3)c2)cn1.Cc1ccc(COc2cc(F)cc(Oc3ccc(-n4nc(C5CCCC5)c5ncnc(N)c54)cc3)c2)s1.Cc1ccc(COc2cc(F)cc(Oc3ccc(-n4nc(C5CCOCC5)c5ncnc(N)c54)cc3)c2)o1. The zero-order chi connectivity index (χ0) is 77.5. The highest BCUT2D eigenvalue weighted by molar-refractivity contribution is 7.11. The number of aromatic nitrogens is 13. The summed E-state index contributed by atoms with van der Waals surface area (Å²) in [5.74, 6) is 6.00. The van der Waals surface area contributed by atoms with E-state index in [2.05, 4.69) is 34.9 Å². The van der Waals surface area contributed by atoms with E-state index >= 15 is 0 Å². The second kappa shape index (κ2) is 33.3. The Balaban J connectivity index is 0.000000128. The van der Waals surface area contributed by atoms with Crippen LogP contribution in [0.2, 0.25) is 0 Å². The summed E-state index contributed by atoms with van der Waals surface area (Å²) in [6.07, 6.45) is 17.2. The fraction of sp³-hybridized carbons (Fsp3) is 0.247. The summed E-state index contributed by atoms with van der Waals surface area (Å²) >= 11 is 1.65. The molecule has 0 unspecified atom stereocenters. The van der Waals surface area contributed by atoms with Gasteiger partial charge < -0.3 is 54.8 Å². The Morgan fingerprint density at radius 2 is 0.805 bits per heavy atom. The minimum Gasteiger partial charge on any atom is -0.489 e. The van der Waals surface area contributed by atoms with Gasteiger partial charge in [-0.05, 0) is 162 Å². The topological polar surface area (TPSA) is 299 Å². The lowest BCUT2D eigenvalue weighted by Gasteiger charge is -2.20. The van der Waals surface area contributed by atoms with Crippen LogP contribution in [0, 0.1) is 38.2 Å². The largest absolute Gasteiger partial charge is 0.489 e. The van der Waals surface area contributed by atoms with E-state index in [4.69, 9.17) is 70.1 Å². The Morgan fingerprint density at radius 3 is 1.19 bits per heavy atom. The van der Waals surface area contributed by atoms with Gasteiger partial charge in [-0.1, -0.05) is 31.7 Å². The van der Waals surface area contributed by atoms with Crippen molar-refractivity contribution >= 4 is 61.9 Å². The summed E-state index contributed by atoms with van der Waals surface area (Å²) in [6, 6.07) is 46.6. The number of anilines is 3. The number of furan rings is 1. The molecule has 113 heavy (non-hydrogen) atoms. The molecule has 10 heterocycles. The normalized spacial score (nSPS) is 13.9. The molecule has 0 atom stereocenters. The molecule has 0 spiro atoms. The Labute approximate surface area is 651 Å². The maximum atomic E-state index is 14.3. The van der Waals surface area contributed by atoms with E-state index in [0.717, 1.165) is 111 Å². The van der Waals surface area contributed by atoms with Crippen LogP contribution < -0.4 is 45.6 Å². The van der Waals surface area contributed by atoms with Crippen LogP contribution in [0.25, 0.3) is 50.2 Å². The van der Waals surface area contributed by atoms with E-state index in [1.807, 2.05) is 123 Å². The van der Waals surface area contributed by atoms with E-state index in [9.17, 15) is 13.2 Å². The van der Waals surface area contributed by atoms with Crippen LogP contribution in [-0.2, 0) is 24.6 Å². The average Bonchev–Trinajstić information content (AvgIpc) is 1.63. The Hall–Kier alpha value is -13.0. The minimum absolute atomic E-state index is 0.186. The smallest absolute Gasteiger partial charge is 0.153 e. The van der Waals surface area contributed by atoms with Crippen molar-refractivity contribution in [2.75, 3.05) is 30.4 Å². The molecule has 9 aromatic heterocycles. The Morgan fingerprint density at radius 1 is 0.407 bits per heavy atom. The molecular weight excluding hydrogens is 1460 g/mol. The van der Waals surface area contributed by atoms with Gasteiger partial charge in [-0.2, -0.15) is 15.3 Å². The zero-order valence-electron chi connectivity index (χ0n) is 62.1. The second-order valence-corrected chi connectivity index (χ2v) is 29.3. The number of benzene rings is 6. The van der Waals surface area contributed by atoms with Crippen molar-refractivity contribution in [2.45, 2.75) is 123 Å². The van der Waals surface area contributed by atoms with E-state index in [1.54, 1.807) is 57.2 Å². The van der Waals surface area contributed by atoms with Crippen molar-refractivity contribution in [3.05, 3.63) is 256 Å². The molecule has 574 valence electrons. The Bertz CT molecular complexity index is 5840. The van der Waals surface area contributed by atoms with Crippen LogP contribution in [0.3, 0.4) is 0 Å². The zero-order valence-corrected chi connectivity index (χ0v) is 62.9. The predicted molar refractivity (Wildman–Crippen MR) is 422 cm³/mol. The molecule has 28 heteroatoms. The lowest BCUT2D eigenvalue weighted by Crippen LogP contribution is -2.15. The third kappa shape index (κ3) is 17.3. The van der Waals surface area contributed by atoms with Gasteiger partial charge >= 0.3 is 0 Å². The first kappa shape index (κ1) is 74.2. The predicted octanol–water partition coefficient (Wildman–Crippen LogP) is 18.9. The second-order valence-electron chi connectivity index (χ2n) is 28.0. The van der Waals surface area contributed by atoms with Crippen LogP contribution in [0.15, 0.2) is 193 Å². The summed E-state index contributed by atoms with van der Waals surface area (Å²) < 4.78 is 94.3. The summed E-state index contributed by atoms with van der Waals surface area (Å²) in [5, 5.41) is 14.7. The van der Waals surface area contributed by atoms with Crippen LogP contribution >= 0.6 is 11.3 Å². The van der Waals surface area contributed by atoms with Crippen molar-refractivity contribution in [1.82, 2.24) is 64.2 Å². The standard InChI is InChI=1S/C29H27FN6O2.C28H26FN5O4.C28H26FN5O2S/c1-18-6-7-19(15-32-18)16-37-24-12-21(30)13-25(14-24)38-23-10-8-22(9-11-23)36-28-27(33-17-34-29(28)31)26(35-36)20-4-2-3-5-20;1-17-2-5-22(37-17)15-36-23-12-19(29)13-24(14-23)38-21-6-3-20(4-7-21)34-27-26(31-16-32-28(27)30)25(33-34)18-8-10-35-11-9-18;1-17-6-11-24(37-17)15-35-22-12-19(29)13-23(14-22)36-21-9-7-20(8-10-21)34-27-26(31-16-32-28(27)30)25(33-34)18-4-2-3-5-18/h6-15,17,20H,2-5,16H2,1H3,(H2,31,33,34);2-7,12-14,16,18H,8-11,15H2,1H3,(H2,30,31,32);6-14,16,18H,2-5,15H2,1H3,(H2,30,31,32). The maximum Gasteiger partial charge on any atom is 0.153 e. The number of nitrogens with zero attached hydrogens (tertiary/aromatic N) is 13. The third-order valence-corrected chi connectivity index (χ3v) is 20.8. The number of nitrogen functional groups attached to an aromatic ring is 3. The van der Waals surface area contributed by atoms with Crippen LogP contribution in [0.5, 0.6) is 51.7 Å². The van der Waals surface area contributed by atoms with Crippen LogP contribution in [-0.4, -0.2) is 77.4 Å². The van der Waals surface area contributed by atoms with Gasteiger partial charge in [0.15, 0.2) is 17.5 Å². The fourth-order valence-corrected chi connectivity index (χ4v) is 15.1. The van der Waals surface area contributed by atoms with Crippen LogP contribution in [0.4, 0.5) is 30.6 Å². The van der Waals surface area contributed by atoms with Crippen molar-refractivity contribution in [3.8, 4) is 68.8 Å². The van der Waals surface area contributed by atoms with Crippen LogP contribution in [0.1, 0.15) is 132 Å². The average molecular weight is 1540 g/mol. The van der Waals surface area contributed by atoms with Gasteiger partial charge in [-0.3, -0.25) is 4.98 Å². The number of hydrogen-bond donors (Lipinski definition) is 3. The fourth-order valence-electron chi connectivity index (χ4n) is 14.3. The molecule has 6 aromatic carbocycles. The van der Waals surface area contributed by atoms with Crippen molar-refractivity contribution < 1.29 is 50.7 Å². The number of pyridine rings is 1. The number of halogens is 3.